The van der Waals surface area contributed by atoms with E-state index in [0.29, 0.717) is 3.57 Å². The zero-order valence-electron chi connectivity index (χ0n) is 7.17. The number of aromatic hydroxyl groups is 1. The van der Waals surface area contributed by atoms with Crippen LogP contribution in [0.2, 0.25) is 5.02 Å². The number of nitrogen functional groups attached to an aromatic ring is 1. The van der Waals surface area contributed by atoms with Gasteiger partial charge in [-0.3, -0.25) is 0 Å². The summed E-state index contributed by atoms with van der Waals surface area (Å²) < 4.78 is 4.92. The normalized spacial score (nSPS) is 9.93. The maximum absolute atomic E-state index is 11.2. The minimum atomic E-state index is -0.608. The number of carbonyl (C=O) groups excluding carboxylic acids is 1. The van der Waals surface area contributed by atoms with E-state index in [4.69, 9.17) is 17.3 Å². The molecule has 0 saturated heterocycles. The fraction of sp³-hybridized carbons (Fsp3) is 0.125. The maximum atomic E-state index is 11.2. The molecule has 0 saturated carbocycles. The number of halogens is 2. The molecule has 1 aromatic carbocycles. The average Bonchev–Trinajstić information content (AvgIpc) is 2.19. The lowest BCUT2D eigenvalue weighted by Gasteiger charge is -2.08. The molecule has 0 bridgehead atoms. The summed E-state index contributed by atoms with van der Waals surface area (Å²) >= 11 is 7.69. The van der Waals surface area contributed by atoms with Gasteiger partial charge < -0.3 is 15.6 Å². The molecule has 0 radical (unpaired) electrons. The second kappa shape index (κ2) is 4.22. The number of esters is 1. The van der Waals surface area contributed by atoms with Crippen LogP contribution < -0.4 is 5.73 Å². The minimum absolute atomic E-state index is 0.102. The first-order chi connectivity index (χ1) is 6.49. The van der Waals surface area contributed by atoms with Gasteiger partial charge >= 0.3 is 5.97 Å². The predicted molar refractivity (Wildman–Crippen MR) is 61.6 cm³/mol. The van der Waals surface area contributed by atoms with E-state index in [2.05, 4.69) is 4.74 Å². The van der Waals surface area contributed by atoms with Crippen molar-refractivity contribution in [2.24, 2.45) is 0 Å². The van der Waals surface area contributed by atoms with Crippen LogP contribution in [-0.2, 0) is 4.74 Å². The lowest BCUT2D eigenvalue weighted by atomic mass is 10.2. The van der Waals surface area contributed by atoms with Crippen molar-refractivity contribution in [1.29, 1.82) is 0 Å². The smallest absolute Gasteiger partial charge is 0.339 e. The first kappa shape index (κ1) is 11.4. The van der Waals surface area contributed by atoms with Crippen molar-refractivity contribution in [1.82, 2.24) is 0 Å². The van der Waals surface area contributed by atoms with Crippen molar-refractivity contribution in [3.05, 3.63) is 20.2 Å². The molecule has 6 heteroatoms. The summed E-state index contributed by atoms with van der Waals surface area (Å²) in [4.78, 5) is 11.2. The second-order valence-corrected chi connectivity index (χ2v) is 3.93. The van der Waals surface area contributed by atoms with Gasteiger partial charge in [0.05, 0.1) is 27.0 Å². The summed E-state index contributed by atoms with van der Waals surface area (Å²) in [5, 5.41) is 9.54. The van der Waals surface area contributed by atoms with Crippen LogP contribution in [0.15, 0.2) is 6.07 Å². The lowest BCUT2D eigenvalue weighted by Crippen LogP contribution is -2.04. The Labute approximate surface area is 99.1 Å². The fourth-order valence-electron chi connectivity index (χ4n) is 0.885. The van der Waals surface area contributed by atoms with E-state index in [1.54, 1.807) is 0 Å². The largest absolute Gasteiger partial charge is 0.506 e. The highest BCUT2D eigenvalue weighted by atomic mass is 127. The Morgan fingerprint density at radius 3 is 2.79 bits per heavy atom. The van der Waals surface area contributed by atoms with Crippen LogP contribution in [0.1, 0.15) is 10.4 Å². The van der Waals surface area contributed by atoms with E-state index in [1.165, 1.54) is 13.2 Å². The minimum Gasteiger partial charge on any atom is -0.506 e. The van der Waals surface area contributed by atoms with Gasteiger partial charge in [-0.25, -0.2) is 4.79 Å². The number of anilines is 1. The van der Waals surface area contributed by atoms with Gasteiger partial charge in [0.25, 0.3) is 0 Å². The summed E-state index contributed by atoms with van der Waals surface area (Å²) in [6, 6.07) is 1.19. The first-order valence-corrected chi connectivity index (χ1v) is 4.99. The molecule has 1 aromatic rings. The molecule has 76 valence electrons. The van der Waals surface area contributed by atoms with Crippen LogP contribution in [0.5, 0.6) is 5.75 Å². The third-order valence-corrected chi connectivity index (χ3v) is 3.46. The zero-order valence-corrected chi connectivity index (χ0v) is 10.1. The van der Waals surface area contributed by atoms with E-state index < -0.39 is 5.97 Å². The Morgan fingerprint density at radius 2 is 2.29 bits per heavy atom. The molecule has 0 aliphatic carbocycles. The third-order valence-electron chi connectivity index (χ3n) is 1.63. The van der Waals surface area contributed by atoms with Gasteiger partial charge in [0, 0.05) is 0 Å². The summed E-state index contributed by atoms with van der Waals surface area (Å²) in [6.07, 6.45) is 0. The number of hydrogen-bond acceptors (Lipinski definition) is 4. The molecular formula is C8H7ClINO3. The van der Waals surface area contributed by atoms with E-state index in [1.807, 2.05) is 22.6 Å². The van der Waals surface area contributed by atoms with Gasteiger partial charge in [0.15, 0.2) is 0 Å². The molecular weight excluding hydrogens is 320 g/mol. The maximum Gasteiger partial charge on any atom is 0.339 e. The number of carbonyl (C=O) groups is 1. The fourth-order valence-corrected chi connectivity index (χ4v) is 1.69. The summed E-state index contributed by atoms with van der Waals surface area (Å²) in [7, 11) is 1.24. The Bertz CT molecular complexity index is 395. The van der Waals surface area contributed by atoms with Crippen LogP contribution in [0.4, 0.5) is 5.69 Å². The molecule has 0 aromatic heterocycles. The molecule has 4 nitrogen and oxygen atoms in total. The molecule has 0 unspecified atom stereocenters. The number of phenols is 1. The van der Waals surface area contributed by atoms with E-state index in [0.717, 1.165) is 0 Å². The number of hydrogen-bond donors (Lipinski definition) is 2. The third kappa shape index (κ3) is 1.88. The van der Waals surface area contributed by atoms with Gasteiger partial charge in [-0.15, -0.1) is 0 Å². The van der Waals surface area contributed by atoms with Gasteiger partial charge in [0.1, 0.15) is 5.75 Å². The standard InChI is InChI=1S/C8H7ClINO3/c1-14-8(13)3-2-4(12)7(11)6(10)5(3)9/h2,12H,11H2,1H3. The summed E-state index contributed by atoms with van der Waals surface area (Å²) in [5.41, 5.74) is 5.76. The number of benzene rings is 1. The van der Waals surface area contributed by atoms with Gasteiger partial charge in [-0.2, -0.15) is 0 Å². The van der Waals surface area contributed by atoms with Crippen LogP contribution in [0.25, 0.3) is 0 Å². The Kier molecular flexibility index (Phi) is 3.43. The Morgan fingerprint density at radius 1 is 1.71 bits per heavy atom. The Hall–Kier alpha value is -0.690. The van der Waals surface area contributed by atoms with Crippen molar-refractivity contribution >= 4 is 45.8 Å². The van der Waals surface area contributed by atoms with Crippen molar-refractivity contribution in [3.8, 4) is 5.75 Å². The molecule has 0 spiro atoms. The van der Waals surface area contributed by atoms with Gasteiger partial charge in [0.2, 0.25) is 0 Å². The van der Waals surface area contributed by atoms with Crippen LogP contribution in [0, 0.1) is 3.57 Å². The zero-order chi connectivity index (χ0) is 10.9. The first-order valence-electron chi connectivity index (χ1n) is 3.53. The molecule has 14 heavy (non-hydrogen) atoms. The van der Waals surface area contributed by atoms with Crippen molar-refractivity contribution in [2.45, 2.75) is 0 Å². The molecule has 0 aliphatic rings. The highest BCUT2D eigenvalue weighted by molar-refractivity contribution is 14.1. The molecule has 0 heterocycles. The number of nitrogens with two attached hydrogens (primary N) is 1. The summed E-state index contributed by atoms with van der Waals surface area (Å²) in [6.45, 7) is 0. The average molecular weight is 328 g/mol. The van der Waals surface area contributed by atoms with Crippen LogP contribution >= 0.6 is 34.2 Å². The SMILES string of the molecule is COC(=O)c1cc(O)c(N)c(I)c1Cl. The molecule has 3 N–H and O–H groups in total. The van der Waals surface area contributed by atoms with Crippen molar-refractivity contribution in [2.75, 3.05) is 12.8 Å². The quantitative estimate of drug-likeness (QED) is 0.358. The highest BCUT2D eigenvalue weighted by Gasteiger charge is 2.17. The molecule has 0 amide bonds. The van der Waals surface area contributed by atoms with Crippen LogP contribution in [0.3, 0.4) is 0 Å². The van der Waals surface area contributed by atoms with Crippen molar-refractivity contribution in [3.63, 3.8) is 0 Å². The van der Waals surface area contributed by atoms with E-state index in [-0.39, 0.29) is 22.0 Å². The highest BCUT2D eigenvalue weighted by Crippen LogP contribution is 2.35. The molecule has 0 atom stereocenters. The van der Waals surface area contributed by atoms with E-state index >= 15 is 0 Å². The summed E-state index contributed by atoms with van der Waals surface area (Å²) in [5.74, 6) is -0.789. The van der Waals surface area contributed by atoms with Crippen molar-refractivity contribution < 1.29 is 14.6 Å². The lowest BCUT2D eigenvalue weighted by molar-refractivity contribution is 0.0600. The monoisotopic (exact) mass is 327 g/mol. The topological polar surface area (TPSA) is 72.5 Å². The number of methoxy groups -OCH3 is 1. The number of ether oxygens (including phenoxy) is 1. The molecule has 0 fully saturated rings. The predicted octanol–water partition coefficient (Wildman–Crippen LogP) is 2.02. The number of phenolic OH excluding ortho intramolecular Hbond substituents is 1. The molecule has 0 aliphatic heterocycles. The van der Waals surface area contributed by atoms with Gasteiger partial charge in [-0.1, -0.05) is 11.6 Å². The number of rotatable bonds is 1. The van der Waals surface area contributed by atoms with E-state index in [9.17, 15) is 9.90 Å². The Balaban J connectivity index is 3.40. The second-order valence-electron chi connectivity index (χ2n) is 2.48. The molecule has 1 rings (SSSR count). The van der Waals surface area contributed by atoms with Gasteiger partial charge in [-0.05, 0) is 28.7 Å². The van der Waals surface area contributed by atoms with Crippen LogP contribution in [-0.4, -0.2) is 18.2 Å².